The van der Waals surface area contributed by atoms with Crippen molar-refractivity contribution in [3.05, 3.63) is 65.5 Å². The second-order valence-electron chi connectivity index (χ2n) is 6.93. The molecule has 6 nitrogen and oxygen atoms in total. The molecule has 1 saturated heterocycles. The van der Waals surface area contributed by atoms with Crippen LogP contribution in [-0.4, -0.2) is 47.3 Å². The van der Waals surface area contributed by atoms with Crippen LogP contribution in [0.5, 0.6) is 0 Å². The number of rotatable bonds is 5. The van der Waals surface area contributed by atoms with Gasteiger partial charge >= 0.3 is 6.03 Å². The van der Waals surface area contributed by atoms with E-state index in [0.717, 1.165) is 10.5 Å². The molecule has 28 heavy (non-hydrogen) atoms. The summed E-state index contributed by atoms with van der Waals surface area (Å²) in [6, 6.07) is 12.2. The first-order valence-electron chi connectivity index (χ1n) is 8.98. The molecule has 2 aromatic carbocycles. The van der Waals surface area contributed by atoms with Crippen molar-refractivity contribution in [1.82, 2.24) is 9.80 Å². The number of urea groups is 1. The monoisotopic (exact) mass is 383 g/mol. The average Bonchev–Trinajstić information content (AvgIpc) is 2.88. The molecule has 1 fully saturated rings. The molecule has 0 aromatic heterocycles. The Morgan fingerprint density at radius 2 is 1.75 bits per heavy atom. The molecule has 1 aliphatic heterocycles. The van der Waals surface area contributed by atoms with E-state index in [1.807, 2.05) is 19.1 Å². The van der Waals surface area contributed by atoms with Crippen molar-refractivity contribution in [1.29, 1.82) is 0 Å². The second-order valence-corrected chi connectivity index (χ2v) is 6.93. The summed E-state index contributed by atoms with van der Waals surface area (Å²) in [6.07, 6.45) is 0. The third-order valence-corrected chi connectivity index (χ3v) is 4.84. The smallest absolute Gasteiger partial charge is 0.332 e. The Morgan fingerprint density at radius 3 is 2.39 bits per heavy atom. The molecule has 0 unspecified atom stereocenters. The number of imide groups is 1. The average molecular weight is 383 g/mol. The maximum Gasteiger partial charge on any atom is 0.332 e. The lowest BCUT2D eigenvalue weighted by molar-refractivity contribution is -0.136. The van der Waals surface area contributed by atoms with E-state index in [1.165, 1.54) is 22.9 Å². The number of hydrogen-bond acceptors (Lipinski definition) is 3. The van der Waals surface area contributed by atoms with E-state index in [-0.39, 0.29) is 13.1 Å². The summed E-state index contributed by atoms with van der Waals surface area (Å²) in [4.78, 5) is 41.5. The molecule has 1 aliphatic rings. The van der Waals surface area contributed by atoms with Crippen LogP contribution in [0.3, 0.4) is 0 Å². The van der Waals surface area contributed by atoms with Crippen LogP contribution in [0.2, 0.25) is 0 Å². The minimum atomic E-state index is -0.695. The van der Waals surface area contributed by atoms with Gasteiger partial charge in [-0.3, -0.25) is 19.4 Å². The maximum atomic E-state index is 13.8. The van der Waals surface area contributed by atoms with E-state index in [9.17, 15) is 18.8 Å². The first kappa shape index (κ1) is 19.5. The highest BCUT2D eigenvalue weighted by atomic mass is 19.1. The zero-order valence-electron chi connectivity index (χ0n) is 16.1. The van der Waals surface area contributed by atoms with Gasteiger partial charge in [-0.2, -0.15) is 0 Å². The fraction of sp³-hybridized carbons (Fsp3) is 0.286. The largest absolute Gasteiger partial charge is 0.340 e. The van der Waals surface area contributed by atoms with Gasteiger partial charge in [0.15, 0.2) is 0 Å². The van der Waals surface area contributed by atoms with Gasteiger partial charge in [0.2, 0.25) is 5.91 Å². The van der Waals surface area contributed by atoms with Gasteiger partial charge in [-0.15, -0.1) is 0 Å². The highest BCUT2D eigenvalue weighted by molar-refractivity contribution is 6.15. The third kappa shape index (κ3) is 3.74. The molecule has 7 heteroatoms. The van der Waals surface area contributed by atoms with E-state index in [0.29, 0.717) is 11.3 Å². The fourth-order valence-electron chi connectivity index (χ4n) is 3.14. The quantitative estimate of drug-likeness (QED) is 0.746. The standard InChI is InChI=1S/C21H22FN3O3/c1-14-8-10-17(11-9-14)25-15(2)20(27)24(21(25)28)13-19(26)23(3)12-16-6-4-5-7-18(16)22/h4-11,15H,12-13H2,1-3H3/t15-/m0/s1. The van der Waals surface area contributed by atoms with E-state index >= 15 is 0 Å². The number of nitrogens with zero attached hydrogens (tertiary/aromatic N) is 3. The Balaban J connectivity index is 1.72. The first-order chi connectivity index (χ1) is 13.3. The summed E-state index contributed by atoms with van der Waals surface area (Å²) in [6.45, 7) is 3.24. The molecule has 0 N–H and O–H groups in total. The summed E-state index contributed by atoms with van der Waals surface area (Å²) in [5.41, 5.74) is 2.01. The summed E-state index contributed by atoms with van der Waals surface area (Å²) in [5, 5.41) is 0. The molecular weight excluding hydrogens is 361 g/mol. The van der Waals surface area contributed by atoms with Crippen molar-refractivity contribution in [2.24, 2.45) is 0 Å². The summed E-state index contributed by atoms with van der Waals surface area (Å²) in [5.74, 6) is -1.28. The number of carbonyl (C=O) groups is 3. The molecule has 0 bridgehead atoms. The Bertz CT molecular complexity index is 913. The summed E-state index contributed by atoms with van der Waals surface area (Å²) < 4.78 is 13.8. The van der Waals surface area contributed by atoms with Crippen molar-refractivity contribution in [2.75, 3.05) is 18.5 Å². The van der Waals surface area contributed by atoms with E-state index in [1.54, 1.807) is 37.3 Å². The van der Waals surface area contributed by atoms with Crippen LogP contribution in [0.25, 0.3) is 0 Å². The van der Waals surface area contributed by atoms with Gasteiger partial charge < -0.3 is 4.90 Å². The lowest BCUT2D eigenvalue weighted by Crippen LogP contribution is -2.42. The van der Waals surface area contributed by atoms with Crippen LogP contribution >= 0.6 is 0 Å². The van der Waals surface area contributed by atoms with E-state index in [2.05, 4.69) is 0 Å². The van der Waals surface area contributed by atoms with Crippen LogP contribution in [-0.2, 0) is 16.1 Å². The van der Waals surface area contributed by atoms with Gasteiger partial charge in [0.1, 0.15) is 18.4 Å². The van der Waals surface area contributed by atoms with Gasteiger partial charge in [-0.05, 0) is 32.0 Å². The third-order valence-electron chi connectivity index (χ3n) is 4.84. The van der Waals surface area contributed by atoms with Crippen molar-refractivity contribution in [3.8, 4) is 0 Å². The number of carbonyl (C=O) groups excluding carboxylic acids is 3. The molecule has 4 amide bonds. The lowest BCUT2D eigenvalue weighted by Gasteiger charge is -2.21. The first-order valence-corrected chi connectivity index (χ1v) is 8.98. The molecule has 2 aromatic rings. The second kappa shape index (κ2) is 7.80. The normalized spacial score (nSPS) is 16.6. The Labute approximate surface area is 163 Å². The van der Waals surface area contributed by atoms with E-state index < -0.39 is 29.7 Å². The SMILES string of the molecule is Cc1ccc(N2C(=O)N(CC(=O)N(C)Cc3ccccc3F)C(=O)[C@@H]2C)cc1. The molecule has 0 aliphatic carbocycles. The van der Waals surface area contributed by atoms with E-state index in [4.69, 9.17) is 0 Å². The molecule has 146 valence electrons. The molecular formula is C21H22FN3O3. The molecule has 3 rings (SSSR count). The topological polar surface area (TPSA) is 60.9 Å². The van der Waals surface area contributed by atoms with Crippen molar-refractivity contribution in [2.45, 2.75) is 26.4 Å². The van der Waals surface area contributed by atoms with Crippen molar-refractivity contribution < 1.29 is 18.8 Å². The number of hydrogen-bond donors (Lipinski definition) is 0. The fourth-order valence-corrected chi connectivity index (χ4v) is 3.14. The summed E-state index contributed by atoms with van der Waals surface area (Å²) in [7, 11) is 1.51. The number of aryl methyl sites for hydroxylation is 1. The highest BCUT2D eigenvalue weighted by Crippen LogP contribution is 2.26. The lowest BCUT2D eigenvalue weighted by atomic mass is 10.2. The van der Waals surface area contributed by atoms with Gasteiger partial charge in [0.05, 0.1) is 0 Å². The van der Waals surface area contributed by atoms with Crippen molar-refractivity contribution >= 4 is 23.5 Å². The Kier molecular flexibility index (Phi) is 5.44. The van der Waals surface area contributed by atoms with Crippen LogP contribution in [0.15, 0.2) is 48.5 Å². The minimum absolute atomic E-state index is 0.0545. The molecule has 0 spiro atoms. The molecule has 1 heterocycles. The predicted octanol–water partition coefficient (Wildman–Crippen LogP) is 2.95. The molecule has 0 saturated carbocycles. The van der Waals surface area contributed by atoms with Crippen LogP contribution in [0.4, 0.5) is 14.9 Å². The predicted molar refractivity (Wildman–Crippen MR) is 103 cm³/mol. The van der Waals surface area contributed by atoms with Crippen LogP contribution in [0, 0.1) is 12.7 Å². The molecule has 1 atom stereocenters. The zero-order valence-corrected chi connectivity index (χ0v) is 16.1. The zero-order chi connectivity index (χ0) is 20.4. The Hall–Kier alpha value is -3.22. The number of anilines is 1. The van der Waals surface area contributed by atoms with Gasteiger partial charge in [-0.25, -0.2) is 9.18 Å². The Morgan fingerprint density at radius 1 is 1.11 bits per heavy atom. The number of benzene rings is 2. The molecule has 0 radical (unpaired) electrons. The maximum absolute atomic E-state index is 13.8. The van der Waals surface area contributed by atoms with Crippen LogP contribution < -0.4 is 4.90 Å². The number of amides is 4. The summed E-state index contributed by atoms with van der Waals surface area (Å²) >= 11 is 0. The van der Waals surface area contributed by atoms with Gasteiger partial charge in [0, 0.05) is 24.8 Å². The van der Waals surface area contributed by atoms with Crippen molar-refractivity contribution in [3.63, 3.8) is 0 Å². The minimum Gasteiger partial charge on any atom is -0.340 e. The number of likely N-dealkylation sites (N-methyl/N-ethyl adjacent to an activating group) is 1. The highest BCUT2D eigenvalue weighted by Gasteiger charge is 2.44. The number of halogens is 1. The van der Waals surface area contributed by atoms with Gasteiger partial charge in [-0.1, -0.05) is 35.9 Å². The van der Waals surface area contributed by atoms with Gasteiger partial charge in [0.25, 0.3) is 5.91 Å². The van der Waals surface area contributed by atoms with Crippen LogP contribution in [0.1, 0.15) is 18.1 Å².